The van der Waals surface area contributed by atoms with Gasteiger partial charge in [-0.3, -0.25) is 9.69 Å². The highest BCUT2D eigenvalue weighted by atomic mass is 16.5. The number of aromatic nitrogens is 5. The number of hydrogen-bond donors (Lipinski definition) is 1. The van der Waals surface area contributed by atoms with Gasteiger partial charge in [-0.1, -0.05) is 54.8 Å². The number of pyridine rings is 1. The zero-order chi connectivity index (χ0) is 26.5. The van der Waals surface area contributed by atoms with Crippen LogP contribution in [-0.4, -0.2) is 49.3 Å². The first-order chi connectivity index (χ1) is 18.5. The molecule has 5 rings (SSSR count). The standard InChI is InChI=1S/C30H38N6O2/c1-4-7-28(29-32-33-34-36(29)20-26-10-6-15-38-26)35(14-13-23-9-5-8-21(2)16-23)19-25-18-24-17-22(3)11-12-27(24)31-30(25)37/h5,8-9,11-12,16-18,26,28H,4,6-7,10,13-15,19-20H2,1-3H3,(H,31,37)/t26-,28-/m1/s1. The fourth-order valence-corrected chi connectivity index (χ4v) is 5.50. The molecule has 3 heterocycles. The molecule has 0 spiro atoms. The summed E-state index contributed by atoms with van der Waals surface area (Å²) < 4.78 is 7.81. The van der Waals surface area contributed by atoms with Gasteiger partial charge in [-0.15, -0.1) is 5.10 Å². The number of nitrogens with zero attached hydrogens (tertiary/aromatic N) is 5. The van der Waals surface area contributed by atoms with Gasteiger partial charge in [0.1, 0.15) is 0 Å². The number of rotatable bonds is 11. The fraction of sp³-hybridized carbons (Fsp3) is 0.467. The van der Waals surface area contributed by atoms with Crippen LogP contribution in [0.2, 0.25) is 0 Å². The van der Waals surface area contributed by atoms with E-state index >= 15 is 0 Å². The Balaban J connectivity index is 1.48. The van der Waals surface area contributed by atoms with E-state index < -0.39 is 0 Å². The molecular weight excluding hydrogens is 476 g/mol. The van der Waals surface area contributed by atoms with Gasteiger partial charge in [0, 0.05) is 30.8 Å². The van der Waals surface area contributed by atoms with Gasteiger partial charge in [0.25, 0.3) is 5.56 Å². The zero-order valence-corrected chi connectivity index (χ0v) is 22.7. The number of H-pyrrole nitrogens is 1. The van der Waals surface area contributed by atoms with Crippen LogP contribution < -0.4 is 5.56 Å². The van der Waals surface area contributed by atoms with Crippen LogP contribution in [0.4, 0.5) is 0 Å². The Morgan fingerprint density at radius 2 is 2.03 bits per heavy atom. The molecule has 2 atom stereocenters. The van der Waals surface area contributed by atoms with E-state index in [9.17, 15) is 4.79 Å². The van der Waals surface area contributed by atoms with E-state index in [0.29, 0.717) is 13.1 Å². The molecule has 1 saturated heterocycles. The second-order valence-corrected chi connectivity index (χ2v) is 10.6. The number of aryl methyl sites for hydroxylation is 2. The first kappa shape index (κ1) is 26.3. The summed E-state index contributed by atoms with van der Waals surface area (Å²) in [5.41, 5.74) is 5.28. The Hall–Kier alpha value is -3.36. The summed E-state index contributed by atoms with van der Waals surface area (Å²) in [4.78, 5) is 18.7. The number of benzene rings is 2. The van der Waals surface area contributed by atoms with Crippen LogP contribution in [0, 0.1) is 13.8 Å². The minimum atomic E-state index is -0.0453. The molecular formula is C30H38N6O2. The third-order valence-electron chi connectivity index (χ3n) is 7.48. The number of aromatic amines is 1. The van der Waals surface area contributed by atoms with Crippen LogP contribution in [-0.2, 0) is 24.2 Å². The molecule has 1 fully saturated rings. The smallest absolute Gasteiger partial charge is 0.252 e. The molecule has 4 aromatic rings. The molecule has 0 unspecified atom stereocenters. The lowest BCUT2D eigenvalue weighted by Gasteiger charge is -2.31. The molecule has 200 valence electrons. The molecule has 2 aromatic carbocycles. The van der Waals surface area contributed by atoms with E-state index in [-0.39, 0.29) is 17.7 Å². The maximum Gasteiger partial charge on any atom is 0.252 e. The molecule has 8 heteroatoms. The summed E-state index contributed by atoms with van der Waals surface area (Å²) in [5.74, 6) is 0.847. The van der Waals surface area contributed by atoms with Crippen molar-refractivity contribution in [3.63, 3.8) is 0 Å². The van der Waals surface area contributed by atoms with Gasteiger partial charge in [-0.05, 0) is 79.1 Å². The van der Waals surface area contributed by atoms with Crippen molar-refractivity contribution in [1.29, 1.82) is 0 Å². The quantitative estimate of drug-likeness (QED) is 0.306. The molecule has 0 aliphatic carbocycles. The summed E-state index contributed by atoms with van der Waals surface area (Å²) in [5, 5.41) is 14.0. The van der Waals surface area contributed by atoms with Gasteiger partial charge in [0.15, 0.2) is 5.82 Å². The van der Waals surface area contributed by atoms with Crippen molar-refractivity contribution in [3.8, 4) is 0 Å². The van der Waals surface area contributed by atoms with Crippen LogP contribution in [0.5, 0.6) is 0 Å². The molecule has 0 amide bonds. The van der Waals surface area contributed by atoms with E-state index in [1.165, 1.54) is 16.7 Å². The fourth-order valence-electron chi connectivity index (χ4n) is 5.50. The number of nitrogens with one attached hydrogen (secondary N) is 1. The van der Waals surface area contributed by atoms with E-state index in [1.807, 2.05) is 22.9 Å². The Morgan fingerprint density at radius 3 is 2.82 bits per heavy atom. The largest absolute Gasteiger partial charge is 0.376 e. The number of ether oxygens (including phenoxy) is 1. The van der Waals surface area contributed by atoms with Crippen LogP contribution in [0.1, 0.15) is 66.7 Å². The van der Waals surface area contributed by atoms with Gasteiger partial charge < -0.3 is 9.72 Å². The van der Waals surface area contributed by atoms with Crippen LogP contribution >= 0.6 is 0 Å². The predicted molar refractivity (Wildman–Crippen MR) is 149 cm³/mol. The van der Waals surface area contributed by atoms with E-state index in [4.69, 9.17) is 4.74 Å². The molecule has 8 nitrogen and oxygen atoms in total. The highest BCUT2D eigenvalue weighted by Gasteiger charge is 2.28. The number of tetrazole rings is 1. The first-order valence-electron chi connectivity index (χ1n) is 13.8. The maximum atomic E-state index is 13.2. The zero-order valence-electron chi connectivity index (χ0n) is 22.7. The van der Waals surface area contributed by atoms with E-state index in [2.05, 4.69) is 76.5 Å². The van der Waals surface area contributed by atoms with Crippen molar-refractivity contribution in [2.45, 2.75) is 78.1 Å². The minimum Gasteiger partial charge on any atom is -0.376 e. The first-order valence-corrected chi connectivity index (χ1v) is 13.8. The Kier molecular flexibility index (Phi) is 8.29. The van der Waals surface area contributed by atoms with E-state index in [0.717, 1.165) is 67.5 Å². The van der Waals surface area contributed by atoms with Crippen LogP contribution in [0.15, 0.2) is 53.3 Å². The molecule has 2 aromatic heterocycles. The Labute approximate surface area is 224 Å². The molecule has 1 aliphatic heterocycles. The number of fused-ring (bicyclic) bond motifs is 1. The second kappa shape index (κ2) is 12.0. The van der Waals surface area contributed by atoms with Crippen molar-refractivity contribution >= 4 is 10.9 Å². The second-order valence-electron chi connectivity index (χ2n) is 10.6. The Bertz CT molecular complexity index is 1420. The summed E-state index contributed by atoms with van der Waals surface area (Å²) in [7, 11) is 0. The monoisotopic (exact) mass is 514 g/mol. The minimum absolute atomic E-state index is 0.0196. The molecule has 38 heavy (non-hydrogen) atoms. The molecule has 1 aliphatic rings. The summed E-state index contributed by atoms with van der Waals surface area (Å²) in [6, 6.07) is 16.8. The van der Waals surface area contributed by atoms with Crippen LogP contribution in [0.25, 0.3) is 10.9 Å². The highest BCUT2D eigenvalue weighted by Crippen LogP contribution is 2.27. The highest BCUT2D eigenvalue weighted by molar-refractivity contribution is 5.79. The van der Waals surface area contributed by atoms with Gasteiger partial charge in [0.2, 0.25) is 0 Å². The normalized spacial score (nSPS) is 16.5. The Morgan fingerprint density at radius 1 is 1.16 bits per heavy atom. The predicted octanol–water partition coefficient (Wildman–Crippen LogP) is 4.90. The summed E-state index contributed by atoms with van der Waals surface area (Å²) in [6.07, 6.45) is 5.00. The number of hydrogen-bond acceptors (Lipinski definition) is 6. The summed E-state index contributed by atoms with van der Waals surface area (Å²) in [6.45, 7) is 9.14. The third kappa shape index (κ3) is 6.19. The van der Waals surface area contributed by atoms with Crippen molar-refractivity contribution in [2.24, 2.45) is 0 Å². The average molecular weight is 515 g/mol. The van der Waals surface area contributed by atoms with Gasteiger partial charge in [-0.2, -0.15) is 0 Å². The third-order valence-corrected chi connectivity index (χ3v) is 7.48. The van der Waals surface area contributed by atoms with Gasteiger partial charge in [0.05, 0.1) is 18.7 Å². The lowest BCUT2D eigenvalue weighted by molar-refractivity contribution is 0.0891. The van der Waals surface area contributed by atoms with Crippen molar-refractivity contribution in [3.05, 3.63) is 87.0 Å². The van der Waals surface area contributed by atoms with Crippen LogP contribution in [0.3, 0.4) is 0 Å². The molecule has 0 saturated carbocycles. The molecule has 1 N–H and O–H groups in total. The lowest BCUT2D eigenvalue weighted by Crippen LogP contribution is -2.35. The summed E-state index contributed by atoms with van der Waals surface area (Å²) >= 11 is 0. The topological polar surface area (TPSA) is 88.9 Å². The molecule has 0 bridgehead atoms. The van der Waals surface area contributed by atoms with Crippen molar-refractivity contribution in [1.82, 2.24) is 30.1 Å². The molecule has 0 radical (unpaired) electrons. The van der Waals surface area contributed by atoms with E-state index in [1.54, 1.807) is 0 Å². The maximum absolute atomic E-state index is 13.2. The van der Waals surface area contributed by atoms with Crippen molar-refractivity contribution < 1.29 is 4.74 Å². The lowest BCUT2D eigenvalue weighted by atomic mass is 10.0. The van der Waals surface area contributed by atoms with Gasteiger partial charge in [-0.25, -0.2) is 4.68 Å². The average Bonchev–Trinajstić information content (AvgIpc) is 3.58. The SMILES string of the molecule is CCC[C@H](c1nnnn1C[C@H]1CCCO1)N(CCc1cccc(C)c1)Cc1cc2cc(C)ccc2[nH]c1=O. The van der Waals surface area contributed by atoms with Crippen molar-refractivity contribution in [2.75, 3.05) is 13.2 Å². The van der Waals surface area contributed by atoms with Gasteiger partial charge >= 0.3 is 0 Å².